The first kappa shape index (κ1) is 20.3. The van der Waals surface area contributed by atoms with E-state index in [4.69, 9.17) is 18.6 Å². The van der Waals surface area contributed by atoms with Crippen molar-refractivity contribution >= 4 is 0 Å². The monoisotopic (exact) mass is 363 g/mol. The average Bonchev–Trinajstić information content (AvgIpc) is 3.14. The molecule has 0 aliphatic heterocycles. The Labute approximate surface area is 155 Å². The zero-order valence-corrected chi connectivity index (χ0v) is 16.0. The Balaban J connectivity index is 1.91. The van der Waals surface area contributed by atoms with Crippen molar-refractivity contribution in [2.24, 2.45) is 0 Å². The minimum Gasteiger partial charge on any atom is -0.497 e. The second kappa shape index (κ2) is 10.2. The molecule has 2 rings (SSSR count). The van der Waals surface area contributed by atoms with Gasteiger partial charge in [0.25, 0.3) is 0 Å². The first-order valence-corrected chi connectivity index (χ1v) is 8.76. The summed E-state index contributed by atoms with van der Waals surface area (Å²) >= 11 is 0. The molecule has 0 radical (unpaired) electrons. The van der Waals surface area contributed by atoms with E-state index in [0.29, 0.717) is 19.7 Å². The number of hydrogen-bond donors (Lipinski definition) is 1. The van der Waals surface area contributed by atoms with Crippen molar-refractivity contribution in [3.63, 3.8) is 0 Å². The van der Waals surface area contributed by atoms with Crippen molar-refractivity contribution in [1.29, 1.82) is 0 Å². The summed E-state index contributed by atoms with van der Waals surface area (Å²) in [4.78, 5) is 2.19. The standard InChI is InChI=1S/C20H29NO5/c1-15(2)21(11-16-8-19(23-3)10-20(9-16)24-4)12-17(22)13-25-14-18-6-5-7-26-18/h5-10,15,17,22H,11-14H2,1-4H3/t17-/m1/s1. The van der Waals surface area contributed by atoms with Crippen LogP contribution in [0.5, 0.6) is 11.5 Å². The lowest BCUT2D eigenvalue weighted by atomic mass is 10.1. The van der Waals surface area contributed by atoms with Gasteiger partial charge in [-0.15, -0.1) is 0 Å². The van der Waals surface area contributed by atoms with E-state index in [0.717, 1.165) is 22.8 Å². The first-order chi connectivity index (χ1) is 12.5. The summed E-state index contributed by atoms with van der Waals surface area (Å²) in [6.07, 6.45) is 1.03. The maximum Gasteiger partial charge on any atom is 0.129 e. The van der Waals surface area contributed by atoms with Crippen LogP contribution >= 0.6 is 0 Å². The first-order valence-electron chi connectivity index (χ1n) is 8.76. The maximum atomic E-state index is 10.3. The second-order valence-corrected chi connectivity index (χ2v) is 6.49. The van der Waals surface area contributed by atoms with Crippen LogP contribution in [-0.2, 0) is 17.9 Å². The van der Waals surface area contributed by atoms with E-state index >= 15 is 0 Å². The molecule has 0 aliphatic rings. The largest absolute Gasteiger partial charge is 0.497 e. The summed E-state index contributed by atoms with van der Waals surface area (Å²) < 4.78 is 21.4. The molecule has 0 amide bonds. The molecule has 0 aliphatic carbocycles. The molecular weight excluding hydrogens is 334 g/mol. The minimum atomic E-state index is -0.583. The van der Waals surface area contributed by atoms with Crippen molar-refractivity contribution in [3.8, 4) is 11.5 Å². The molecule has 1 N–H and O–H groups in total. The summed E-state index contributed by atoms with van der Waals surface area (Å²) in [5, 5.41) is 10.3. The van der Waals surface area contributed by atoms with Gasteiger partial charge in [-0.2, -0.15) is 0 Å². The van der Waals surface area contributed by atoms with E-state index in [9.17, 15) is 5.11 Å². The van der Waals surface area contributed by atoms with Gasteiger partial charge >= 0.3 is 0 Å². The molecule has 26 heavy (non-hydrogen) atoms. The van der Waals surface area contributed by atoms with Crippen molar-refractivity contribution in [3.05, 3.63) is 47.9 Å². The third kappa shape index (κ3) is 6.37. The molecule has 0 bridgehead atoms. The van der Waals surface area contributed by atoms with Crippen LogP contribution in [0.2, 0.25) is 0 Å². The molecule has 144 valence electrons. The Hall–Kier alpha value is -2.02. The molecule has 0 saturated carbocycles. The highest BCUT2D eigenvalue weighted by Gasteiger charge is 2.16. The fourth-order valence-electron chi connectivity index (χ4n) is 2.66. The SMILES string of the molecule is COc1cc(CN(C[C@@H](O)COCc2ccco2)C(C)C)cc(OC)c1. The van der Waals surface area contributed by atoms with E-state index in [1.165, 1.54) is 0 Å². The number of rotatable bonds is 11. The van der Waals surface area contributed by atoms with Gasteiger partial charge in [0.2, 0.25) is 0 Å². The molecular formula is C20H29NO5. The van der Waals surface area contributed by atoms with Gasteiger partial charge in [-0.25, -0.2) is 0 Å². The zero-order valence-electron chi connectivity index (χ0n) is 16.0. The van der Waals surface area contributed by atoms with Crippen LogP contribution < -0.4 is 9.47 Å². The normalized spacial score (nSPS) is 12.6. The lowest BCUT2D eigenvalue weighted by Crippen LogP contribution is -2.38. The van der Waals surface area contributed by atoms with E-state index < -0.39 is 6.10 Å². The van der Waals surface area contributed by atoms with Crippen LogP contribution in [0.15, 0.2) is 41.0 Å². The Kier molecular flexibility index (Phi) is 7.97. The number of aliphatic hydroxyl groups is 1. The highest BCUT2D eigenvalue weighted by molar-refractivity contribution is 5.38. The number of benzene rings is 1. The van der Waals surface area contributed by atoms with Gasteiger partial charge in [0.1, 0.15) is 23.9 Å². The van der Waals surface area contributed by atoms with Crippen LogP contribution in [0.1, 0.15) is 25.2 Å². The topological polar surface area (TPSA) is 64.3 Å². The predicted molar refractivity (Wildman–Crippen MR) is 99.5 cm³/mol. The Morgan fingerprint density at radius 1 is 1.12 bits per heavy atom. The van der Waals surface area contributed by atoms with Gasteiger partial charge in [-0.1, -0.05) is 0 Å². The van der Waals surface area contributed by atoms with Crippen LogP contribution in [0.4, 0.5) is 0 Å². The summed E-state index contributed by atoms with van der Waals surface area (Å²) in [6.45, 7) is 6.02. The number of hydrogen-bond acceptors (Lipinski definition) is 6. The summed E-state index contributed by atoms with van der Waals surface area (Å²) in [7, 11) is 3.28. The van der Waals surface area contributed by atoms with Crippen LogP contribution in [-0.4, -0.2) is 49.5 Å². The lowest BCUT2D eigenvalue weighted by molar-refractivity contribution is -0.00117. The molecule has 1 heterocycles. The van der Waals surface area contributed by atoms with Crippen molar-refractivity contribution in [2.75, 3.05) is 27.4 Å². The van der Waals surface area contributed by atoms with E-state index in [2.05, 4.69) is 18.7 Å². The summed E-state index contributed by atoms with van der Waals surface area (Å²) in [6, 6.07) is 9.75. The fourth-order valence-corrected chi connectivity index (χ4v) is 2.66. The van der Waals surface area contributed by atoms with Crippen LogP contribution in [0.3, 0.4) is 0 Å². The molecule has 6 heteroatoms. The molecule has 1 atom stereocenters. The minimum absolute atomic E-state index is 0.255. The third-order valence-electron chi connectivity index (χ3n) is 4.11. The summed E-state index contributed by atoms with van der Waals surface area (Å²) in [5.41, 5.74) is 1.07. The van der Waals surface area contributed by atoms with E-state index in [1.54, 1.807) is 20.5 Å². The van der Waals surface area contributed by atoms with Gasteiger partial charge in [-0.05, 0) is 43.7 Å². The van der Waals surface area contributed by atoms with Crippen LogP contribution in [0, 0.1) is 0 Å². The van der Waals surface area contributed by atoms with Gasteiger partial charge in [0.05, 0.1) is 33.2 Å². The third-order valence-corrected chi connectivity index (χ3v) is 4.11. The zero-order chi connectivity index (χ0) is 18.9. The Bertz CT molecular complexity index is 619. The predicted octanol–water partition coefficient (Wildman–Crippen LogP) is 3.08. The van der Waals surface area contributed by atoms with Crippen molar-refractivity contribution in [2.45, 2.75) is 39.1 Å². The Morgan fingerprint density at radius 3 is 2.35 bits per heavy atom. The quantitative estimate of drug-likeness (QED) is 0.662. The van der Waals surface area contributed by atoms with Gasteiger partial charge in [-0.3, -0.25) is 4.90 Å². The maximum absolute atomic E-state index is 10.3. The number of aliphatic hydroxyl groups excluding tert-OH is 1. The molecule has 0 fully saturated rings. The van der Waals surface area contributed by atoms with Crippen LogP contribution in [0.25, 0.3) is 0 Å². The van der Waals surface area contributed by atoms with Gasteiger partial charge in [0.15, 0.2) is 0 Å². The Morgan fingerprint density at radius 2 is 1.81 bits per heavy atom. The molecule has 6 nitrogen and oxygen atoms in total. The molecule has 2 aromatic rings. The average molecular weight is 363 g/mol. The van der Waals surface area contributed by atoms with Crippen molar-refractivity contribution < 1.29 is 23.7 Å². The highest BCUT2D eigenvalue weighted by atomic mass is 16.5. The number of ether oxygens (including phenoxy) is 3. The molecule has 1 aromatic heterocycles. The smallest absolute Gasteiger partial charge is 0.129 e. The number of nitrogens with zero attached hydrogens (tertiary/aromatic N) is 1. The summed E-state index contributed by atoms with van der Waals surface area (Å²) in [5.74, 6) is 2.26. The van der Waals surface area contributed by atoms with E-state index in [-0.39, 0.29) is 12.6 Å². The number of methoxy groups -OCH3 is 2. The molecule has 1 aromatic carbocycles. The second-order valence-electron chi connectivity index (χ2n) is 6.49. The highest BCUT2D eigenvalue weighted by Crippen LogP contribution is 2.24. The van der Waals surface area contributed by atoms with Crippen molar-refractivity contribution in [1.82, 2.24) is 4.90 Å². The molecule has 0 spiro atoms. The molecule has 0 saturated heterocycles. The lowest BCUT2D eigenvalue weighted by Gasteiger charge is -2.29. The fraction of sp³-hybridized carbons (Fsp3) is 0.500. The molecule has 0 unspecified atom stereocenters. The number of furan rings is 1. The van der Waals surface area contributed by atoms with Gasteiger partial charge < -0.3 is 23.7 Å². The van der Waals surface area contributed by atoms with Gasteiger partial charge in [0, 0.05) is 25.2 Å². The van der Waals surface area contributed by atoms with E-state index in [1.807, 2.05) is 30.3 Å².